The molecule has 2 unspecified atom stereocenters. The number of aliphatic imine (C=N–C) groups is 1. The van der Waals surface area contributed by atoms with Gasteiger partial charge in [-0.2, -0.15) is 15.5 Å². The van der Waals surface area contributed by atoms with Gasteiger partial charge in [-0.1, -0.05) is 50.1 Å². The lowest BCUT2D eigenvalue weighted by atomic mass is 10.0. The fourth-order valence-corrected chi connectivity index (χ4v) is 9.40. The fraction of sp³-hybridized carbons (Fsp3) is 0.164. The number of benzene rings is 6. The monoisotopic (exact) mass is 1200 g/mol. The molecule has 2 saturated heterocycles. The number of carbonyl (C=O) groups excluding carboxylic acids is 2. The number of hydrogen-bond acceptors (Lipinski definition) is 11. The molecule has 2 amide bonds. The molecule has 3 aliphatic rings. The van der Waals surface area contributed by atoms with E-state index in [1.54, 1.807) is 54.5 Å². The summed E-state index contributed by atoms with van der Waals surface area (Å²) in [5.41, 5.74) is 28.7. The van der Waals surface area contributed by atoms with Crippen LogP contribution in [0.1, 0.15) is 40.3 Å². The second-order valence-electron chi connectivity index (χ2n) is 17.5. The Kier molecular flexibility index (Phi) is 16.3. The first-order valence-electron chi connectivity index (χ1n) is 23.4. The number of nitrogens with zero attached hydrogens (tertiary/aromatic N) is 8. The molecule has 11 rings (SSSR count). The third-order valence-electron chi connectivity index (χ3n) is 12.6. The first-order valence-corrected chi connectivity index (χ1v) is 25.8. The Morgan fingerprint density at radius 2 is 1.05 bits per heavy atom. The number of carbonyl (C=O) groups is 2. The number of fused-ring (bicyclic) bond motifs is 1. The van der Waals surface area contributed by atoms with Gasteiger partial charge in [0.2, 0.25) is 0 Å². The van der Waals surface area contributed by atoms with Crippen molar-refractivity contribution in [3.8, 4) is 38.9 Å². The second kappa shape index (κ2) is 23.3. The maximum Gasteiger partial charge on any atom is 0.250 e. The largest absolute Gasteiger partial charge is 0.397 e. The molecule has 75 heavy (non-hydrogen) atoms. The Morgan fingerprint density at radius 1 is 0.613 bits per heavy atom. The average Bonchev–Trinajstić information content (AvgIpc) is 4.26. The van der Waals surface area contributed by atoms with Gasteiger partial charge in [-0.15, -0.1) is 0 Å². The van der Waals surface area contributed by atoms with Gasteiger partial charge in [0.25, 0.3) is 11.8 Å². The van der Waals surface area contributed by atoms with Crippen LogP contribution in [-0.4, -0.2) is 73.3 Å². The highest BCUT2D eigenvalue weighted by Gasteiger charge is 2.37. The summed E-state index contributed by atoms with van der Waals surface area (Å²) in [5, 5.41) is 16.8. The van der Waals surface area contributed by atoms with E-state index in [1.165, 1.54) is 24.3 Å². The number of rotatable bonds is 12. The van der Waals surface area contributed by atoms with Crippen LogP contribution in [0.15, 0.2) is 160 Å². The van der Waals surface area contributed by atoms with Gasteiger partial charge in [0.1, 0.15) is 47.1 Å². The van der Waals surface area contributed by atoms with Crippen LogP contribution in [0.25, 0.3) is 33.9 Å². The molecule has 3 aliphatic heterocycles. The number of aromatic nitrogens is 4. The number of hydrogen-bond donors (Lipinski definition) is 3. The molecule has 8 aromatic rings. The predicted octanol–water partition coefficient (Wildman–Crippen LogP) is 10.7. The number of halogens is 5. The van der Waals surface area contributed by atoms with Crippen molar-refractivity contribution >= 4 is 82.5 Å². The van der Waals surface area contributed by atoms with Crippen molar-refractivity contribution in [2.24, 2.45) is 10.7 Å². The zero-order chi connectivity index (χ0) is 52.8. The van der Waals surface area contributed by atoms with E-state index < -0.39 is 12.5 Å². The minimum Gasteiger partial charge on any atom is -0.397 e. The van der Waals surface area contributed by atoms with Gasteiger partial charge in [-0.05, 0) is 145 Å². The second-order valence-corrected chi connectivity index (χ2v) is 19.7. The van der Waals surface area contributed by atoms with Gasteiger partial charge >= 0.3 is 0 Å². The molecule has 380 valence electrons. The molecule has 5 heterocycles. The molecule has 6 N–H and O–H groups in total. The predicted molar refractivity (Wildman–Crippen MR) is 293 cm³/mol. The molecule has 2 fully saturated rings. The van der Waals surface area contributed by atoms with Crippen molar-refractivity contribution in [2.45, 2.75) is 31.7 Å². The summed E-state index contributed by atoms with van der Waals surface area (Å²) in [4.78, 5) is 35.0. The molecule has 20 heteroatoms. The van der Waals surface area contributed by atoms with Gasteiger partial charge in [0, 0.05) is 79.0 Å². The van der Waals surface area contributed by atoms with E-state index in [0.717, 1.165) is 65.0 Å². The van der Waals surface area contributed by atoms with Crippen molar-refractivity contribution in [3.63, 3.8) is 0 Å². The van der Waals surface area contributed by atoms with Crippen LogP contribution in [0.4, 0.5) is 25.8 Å². The molecule has 2 atom stereocenters. The van der Waals surface area contributed by atoms with E-state index in [4.69, 9.17) is 42.1 Å². The summed E-state index contributed by atoms with van der Waals surface area (Å²) in [7, 11) is 0. The summed E-state index contributed by atoms with van der Waals surface area (Å²) >= 11 is 9.36. The molecule has 0 bridgehead atoms. The van der Waals surface area contributed by atoms with Gasteiger partial charge in [-0.25, -0.2) is 23.1 Å². The first-order chi connectivity index (χ1) is 36.2. The summed E-state index contributed by atoms with van der Waals surface area (Å²) in [6.45, 7) is 0.872. The van der Waals surface area contributed by atoms with Crippen LogP contribution in [0.2, 0.25) is 0 Å². The topological polar surface area (TPSA) is 209 Å². The molecular weight excluding hydrogens is 1160 g/mol. The van der Waals surface area contributed by atoms with Crippen LogP contribution < -0.4 is 17.2 Å². The molecule has 2 aromatic heterocycles. The summed E-state index contributed by atoms with van der Waals surface area (Å²) in [5.74, 6) is -0.237. The van der Waals surface area contributed by atoms with Crippen molar-refractivity contribution in [2.75, 3.05) is 37.8 Å². The summed E-state index contributed by atoms with van der Waals surface area (Å²) in [6, 6.07) is 39.4. The number of nitrogens with two attached hydrogens (primary N) is 3. The minimum atomic E-state index is -0.627. The maximum atomic E-state index is 13.7. The van der Waals surface area contributed by atoms with E-state index in [0.29, 0.717) is 61.0 Å². The third-order valence-corrected chi connectivity index (χ3v) is 13.6. The molecule has 0 aliphatic carbocycles. The normalized spacial score (nSPS) is 15.7. The Labute approximate surface area is 455 Å². The van der Waals surface area contributed by atoms with Gasteiger partial charge < -0.3 is 36.5 Å². The molecular formula is C55H46Br3F2N11O4. The third kappa shape index (κ3) is 12.2. The van der Waals surface area contributed by atoms with Crippen molar-refractivity contribution in [1.29, 1.82) is 5.26 Å². The highest BCUT2D eigenvalue weighted by atomic mass is 79.9. The first kappa shape index (κ1) is 52.3. The van der Waals surface area contributed by atoms with Gasteiger partial charge in [0.05, 0.1) is 28.4 Å². The highest BCUT2D eigenvalue weighted by Crippen LogP contribution is 2.38. The van der Waals surface area contributed by atoms with Gasteiger partial charge in [0.15, 0.2) is 12.5 Å². The van der Waals surface area contributed by atoms with Crippen molar-refractivity contribution in [1.82, 2.24) is 29.4 Å². The molecule has 15 nitrogen and oxygen atoms in total. The van der Waals surface area contributed by atoms with E-state index in [2.05, 4.69) is 58.8 Å². The molecule has 0 saturated carbocycles. The maximum absolute atomic E-state index is 13.7. The molecule has 6 aromatic carbocycles. The standard InChI is InChI=1S/C28H23BrFN5O2.C26H23BrFN5O2.CBrN/c29-20-4-8-22(9-5-20)35-15-23(27(33-35)18-2-6-21(30)7-3-18)28-34(26(36)16-37-28)12-11-17-1-10-24-19(13-17)14-25(31)32-24;27-18-4-8-20(9-5-18)33-14-21(25(31-33)17-2-6-19(28)7-3-17)26-32(24(34)15-35-26)12-11-16-1-10-22(29)23(30)13-16;2-1-3/h1-10,13,15,28H,11-12,14,16H2,(H2,31,32);1-10,13-14,26H,11-12,15,29-30H2;. The van der Waals surface area contributed by atoms with Crippen LogP contribution in [0.5, 0.6) is 0 Å². The lowest BCUT2D eigenvalue weighted by Gasteiger charge is -2.23. The van der Waals surface area contributed by atoms with E-state index in [9.17, 15) is 18.4 Å². The number of anilines is 2. The quantitative estimate of drug-likeness (QED) is 0.0986. The number of amidine groups is 1. The Bertz CT molecular complexity index is 3440. The van der Waals surface area contributed by atoms with Crippen LogP contribution in [-0.2, 0) is 38.3 Å². The highest BCUT2D eigenvalue weighted by molar-refractivity contribution is 9.12. The van der Waals surface area contributed by atoms with Crippen LogP contribution >= 0.6 is 47.8 Å². The SMILES string of the molecule is N#CBr.NC1=Nc2ccc(CCN3C(=O)COC3c3cn(-c4ccc(Br)cc4)nc3-c3ccc(F)cc3)cc2C1.Nc1ccc(CCN2C(=O)COC2c2cn(-c3ccc(Br)cc3)nc2-c2ccc(F)cc2)cc1N. The van der Waals surface area contributed by atoms with Crippen LogP contribution in [0, 0.1) is 21.9 Å². The van der Waals surface area contributed by atoms with E-state index in [1.807, 2.05) is 85.2 Å². The van der Waals surface area contributed by atoms with E-state index in [-0.39, 0.29) is 36.7 Å². The number of ether oxygens (including phenoxy) is 2. The number of nitriles is 1. The lowest BCUT2D eigenvalue weighted by molar-refractivity contribution is -0.128. The average molecular weight is 1200 g/mol. The Hall–Kier alpha value is -7.54. The van der Waals surface area contributed by atoms with Crippen LogP contribution in [0.3, 0.4) is 0 Å². The van der Waals surface area contributed by atoms with Crippen molar-refractivity contribution in [3.05, 3.63) is 194 Å². The lowest BCUT2D eigenvalue weighted by Crippen LogP contribution is -2.30. The molecule has 0 radical (unpaired) electrons. The van der Waals surface area contributed by atoms with E-state index >= 15 is 0 Å². The zero-order valence-electron chi connectivity index (χ0n) is 39.8. The summed E-state index contributed by atoms with van der Waals surface area (Å²) in [6.07, 6.45) is 4.40. The zero-order valence-corrected chi connectivity index (χ0v) is 44.6. The Morgan fingerprint density at radius 3 is 1.51 bits per heavy atom. The number of nitrogen functional groups attached to an aromatic ring is 2. The smallest absolute Gasteiger partial charge is 0.250 e. The van der Waals surface area contributed by atoms with Crippen molar-refractivity contribution < 1.29 is 27.8 Å². The summed E-state index contributed by atoms with van der Waals surface area (Å²) < 4.78 is 44.6. The fourth-order valence-electron chi connectivity index (χ4n) is 8.87. The minimum absolute atomic E-state index is 0.00838. The molecule has 0 spiro atoms. The van der Waals surface area contributed by atoms with Gasteiger partial charge in [-0.3, -0.25) is 9.59 Å². The Balaban J connectivity index is 0.000000175. The number of amides is 2.